The summed E-state index contributed by atoms with van der Waals surface area (Å²) >= 11 is 4.83. The van der Waals surface area contributed by atoms with E-state index in [0.717, 1.165) is 0 Å². The highest BCUT2D eigenvalue weighted by atomic mass is 32.1. The number of hydrogen-bond acceptors (Lipinski definition) is 5. The molecule has 1 aromatic heterocycles. The molecular formula is C11H8N4O3S. The zero-order chi connectivity index (χ0) is 13.8. The molecule has 0 aliphatic carbocycles. The molecule has 0 aliphatic heterocycles. The number of aliphatic imine (C=N–C) groups is 1. The third-order valence-electron chi connectivity index (χ3n) is 2.18. The van der Waals surface area contributed by atoms with Crippen molar-refractivity contribution in [3.05, 3.63) is 61.1 Å². The van der Waals surface area contributed by atoms with Crippen LogP contribution in [0.2, 0.25) is 0 Å². The van der Waals surface area contributed by atoms with Gasteiger partial charge >= 0.3 is 5.69 Å². The largest absolute Gasteiger partial charge is 0.325 e. The second-order valence-corrected chi connectivity index (χ2v) is 4.02. The molecule has 1 aromatic carbocycles. The van der Waals surface area contributed by atoms with Crippen molar-refractivity contribution in [2.24, 2.45) is 4.99 Å². The van der Waals surface area contributed by atoms with Gasteiger partial charge in [-0.15, -0.1) is 0 Å². The van der Waals surface area contributed by atoms with E-state index in [4.69, 9.17) is 12.2 Å². The molecule has 0 saturated carbocycles. The Morgan fingerprint density at radius 3 is 2.79 bits per heavy atom. The van der Waals surface area contributed by atoms with Crippen molar-refractivity contribution >= 4 is 29.9 Å². The van der Waals surface area contributed by atoms with Crippen LogP contribution in [0.4, 0.5) is 11.5 Å². The lowest BCUT2D eigenvalue weighted by Crippen LogP contribution is -2.08. The summed E-state index contributed by atoms with van der Waals surface area (Å²) in [6, 6.07) is 7.46. The quantitative estimate of drug-likeness (QED) is 0.387. The third-order valence-corrected chi connectivity index (χ3v) is 2.40. The highest BCUT2D eigenvalue weighted by Gasteiger charge is 2.03. The fourth-order valence-corrected chi connectivity index (χ4v) is 1.59. The molecular weight excluding hydrogens is 268 g/mol. The molecule has 8 heteroatoms. The number of hydrogen-bond donors (Lipinski definition) is 2. The molecule has 0 spiro atoms. The van der Waals surface area contributed by atoms with E-state index in [-0.39, 0.29) is 16.1 Å². The molecule has 1 heterocycles. The van der Waals surface area contributed by atoms with Crippen molar-refractivity contribution in [3.8, 4) is 0 Å². The van der Waals surface area contributed by atoms with Crippen LogP contribution in [0.5, 0.6) is 0 Å². The number of H-pyrrole nitrogens is 2. The summed E-state index contributed by atoms with van der Waals surface area (Å²) in [5, 5.41) is 10.6. The molecule has 2 N–H and O–H groups in total. The number of nitrogens with zero attached hydrogens (tertiary/aromatic N) is 2. The molecule has 0 unspecified atom stereocenters. The first-order valence-corrected chi connectivity index (χ1v) is 5.57. The van der Waals surface area contributed by atoms with Crippen molar-refractivity contribution < 1.29 is 4.92 Å². The Bertz CT molecular complexity index is 735. The minimum atomic E-state index is -0.488. The summed E-state index contributed by atoms with van der Waals surface area (Å²) < 4.78 is 0.259. The van der Waals surface area contributed by atoms with Crippen LogP contribution in [0.3, 0.4) is 0 Å². The van der Waals surface area contributed by atoms with Gasteiger partial charge in [-0.2, -0.15) is 0 Å². The summed E-state index contributed by atoms with van der Waals surface area (Å²) in [7, 11) is 0. The molecule has 0 aliphatic rings. The van der Waals surface area contributed by atoms with Gasteiger partial charge in [-0.1, -0.05) is 24.4 Å². The Morgan fingerprint density at radius 1 is 1.32 bits per heavy atom. The Balaban J connectivity index is 2.32. The van der Waals surface area contributed by atoms with Gasteiger partial charge in [-0.25, -0.2) is 9.79 Å². The number of rotatable bonds is 3. The molecule has 7 nitrogen and oxygen atoms in total. The minimum Gasteiger partial charge on any atom is -0.298 e. The van der Waals surface area contributed by atoms with E-state index in [1.165, 1.54) is 24.4 Å². The third kappa shape index (κ3) is 3.42. The van der Waals surface area contributed by atoms with Gasteiger partial charge in [-0.3, -0.25) is 20.1 Å². The van der Waals surface area contributed by atoms with Crippen molar-refractivity contribution in [3.63, 3.8) is 0 Å². The fraction of sp³-hybridized carbons (Fsp3) is 0. The van der Waals surface area contributed by atoms with Crippen LogP contribution in [0.1, 0.15) is 5.56 Å². The van der Waals surface area contributed by atoms with Crippen LogP contribution >= 0.6 is 12.2 Å². The minimum absolute atomic E-state index is 0.0252. The van der Waals surface area contributed by atoms with Gasteiger partial charge in [0.1, 0.15) is 10.5 Å². The van der Waals surface area contributed by atoms with Crippen molar-refractivity contribution in [2.45, 2.75) is 0 Å². The second kappa shape index (κ2) is 5.36. The number of aromatic nitrogens is 2. The summed E-state index contributed by atoms with van der Waals surface area (Å²) in [6.07, 6.45) is 1.41. The fourth-order valence-electron chi connectivity index (χ4n) is 1.39. The van der Waals surface area contributed by atoms with Crippen molar-refractivity contribution in [2.75, 3.05) is 0 Å². The maximum Gasteiger partial charge on any atom is 0.325 e. The van der Waals surface area contributed by atoms with Gasteiger partial charge in [0, 0.05) is 24.4 Å². The van der Waals surface area contributed by atoms with E-state index in [2.05, 4.69) is 15.0 Å². The highest BCUT2D eigenvalue weighted by Crippen LogP contribution is 2.12. The number of nitro groups is 1. The molecule has 0 amide bonds. The summed E-state index contributed by atoms with van der Waals surface area (Å²) in [6.45, 7) is 0. The predicted octanol–water partition coefficient (Wildman–Crippen LogP) is 2.09. The molecule has 2 rings (SSSR count). The number of non-ortho nitro benzene ring substituents is 1. The molecule has 19 heavy (non-hydrogen) atoms. The first kappa shape index (κ1) is 12.8. The summed E-state index contributed by atoms with van der Waals surface area (Å²) in [4.78, 5) is 30.1. The molecule has 96 valence electrons. The molecule has 0 saturated heterocycles. The van der Waals surface area contributed by atoms with Crippen LogP contribution in [-0.4, -0.2) is 21.1 Å². The van der Waals surface area contributed by atoms with Gasteiger partial charge in [0.2, 0.25) is 0 Å². The summed E-state index contributed by atoms with van der Waals surface area (Å²) in [5.74, 6) is 0.278. The standard InChI is InChI=1S/C11H8N4O3S/c16-11-13-9(5-10(19)14-11)12-6-7-2-1-3-8(4-7)15(17)18/h1-6H,(H2,13,14,16,19). The average Bonchev–Trinajstić information content (AvgIpc) is 2.35. The smallest absolute Gasteiger partial charge is 0.298 e. The molecule has 0 bridgehead atoms. The zero-order valence-corrected chi connectivity index (χ0v) is 10.3. The van der Waals surface area contributed by atoms with E-state index in [0.29, 0.717) is 5.56 Å². The number of nitrogens with one attached hydrogen (secondary N) is 2. The van der Waals surface area contributed by atoms with E-state index in [9.17, 15) is 14.9 Å². The highest BCUT2D eigenvalue weighted by molar-refractivity contribution is 7.71. The van der Waals surface area contributed by atoms with Crippen LogP contribution in [0.25, 0.3) is 0 Å². The normalized spacial score (nSPS) is 10.7. The van der Waals surface area contributed by atoms with E-state index < -0.39 is 10.6 Å². The van der Waals surface area contributed by atoms with Crippen molar-refractivity contribution in [1.82, 2.24) is 9.97 Å². The second-order valence-electron chi connectivity index (χ2n) is 3.58. The molecule has 0 fully saturated rings. The van der Waals surface area contributed by atoms with E-state index in [1.54, 1.807) is 12.1 Å². The lowest BCUT2D eigenvalue weighted by Gasteiger charge is -1.95. The van der Waals surface area contributed by atoms with Crippen molar-refractivity contribution in [1.29, 1.82) is 0 Å². The Morgan fingerprint density at radius 2 is 2.11 bits per heavy atom. The Labute approximate surface area is 111 Å². The SMILES string of the molecule is O=c1[nH]c(N=Cc2cccc([N+](=O)[O-])c2)cc(=S)[nH]1. The zero-order valence-electron chi connectivity index (χ0n) is 9.49. The van der Waals surface area contributed by atoms with Crippen LogP contribution < -0.4 is 5.69 Å². The van der Waals surface area contributed by atoms with Gasteiger partial charge < -0.3 is 0 Å². The lowest BCUT2D eigenvalue weighted by molar-refractivity contribution is -0.384. The van der Waals surface area contributed by atoms with Gasteiger partial charge in [-0.05, 0) is 5.56 Å². The van der Waals surface area contributed by atoms with Crippen LogP contribution in [0, 0.1) is 14.8 Å². The predicted molar refractivity (Wildman–Crippen MR) is 72.6 cm³/mol. The first-order chi connectivity index (χ1) is 9.04. The molecule has 2 aromatic rings. The molecule has 0 atom stereocenters. The van der Waals surface area contributed by atoms with E-state index in [1.807, 2.05) is 0 Å². The Kier molecular flexibility index (Phi) is 3.62. The topological polar surface area (TPSA) is 104 Å². The number of nitro benzene ring substituents is 1. The van der Waals surface area contributed by atoms with Gasteiger partial charge in [0.25, 0.3) is 5.69 Å². The average molecular weight is 276 g/mol. The summed E-state index contributed by atoms with van der Waals surface area (Å²) in [5.41, 5.74) is 0.0651. The van der Waals surface area contributed by atoms with E-state index >= 15 is 0 Å². The van der Waals surface area contributed by atoms with Gasteiger partial charge in [0.15, 0.2) is 0 Å². The van der Waals surface area contributed by atoms with Gasteiger partial charge in [0.05, 0.1) is 4.92 Å². The lowest BCUT2D eigenvalue weighted by atomic mass is 10.2. The Hall–Kier alpha value is -2.61. The maximum atomic E-state index is 11.1. The van der Waals surface area contributed by atoms with Crippen LogP contribution in [0.15, 0.2) is 40.1 Å². The maximum absolute atomic E-state index is 11.1. The van der Waals surface area contributed by atoms with Crippen LogP contribution in [-0.2, 0) is 0 Å². The number of benzene rings is 1. The first-order valence-electron chi connectivity index (χ1n) is 5.17. The molecule has 0 radical (unpaired) electrons. The monoisotopic (exact) mass is 276 g/mol. The number of aromatic amines is 2.